The highest BCUT2D eigenvalue weighted by molar-refractivity contribution is 6.19. The third kappa shape index (κ3) is 1.39. The van der Waals surface area contributed by atoms with Crippen molar-refractivity contribution in [2.45, 2.75) is 12.8 Å². The quantitative estimate of drug-likeness (QED) is 0.580. The van der Waals surface area contributed by atoms with Crippen LogP contribution in [0.3, 0.4) is 0 Å². The molecule has 2 rings (SSSR count). The summed E-state index contributed by atoms with van der Waals surface area (Å²) in [5, 5.41) is 0. The Morgan fingerprint density at radius 2 is 2.00 bits per heavy atom. The average Bonchev–Trinajstić information content (AvgIpc) is 2.17. The summed E-state index contributed by atoms with van der Waals surface area (Å²) in [5.41, 5.74) is 4.15. The molecule has 0 N–H and O–H groups in total. The Kier molecular flexibility index (Phi) is 2.18. The number of allylic oxidation sites excluding steroid dienone is 1. The summed E-state index contributed by atoms with van der Waals surface area (Å²) < 4.78 is 0. The van der Waals surface area contributed by atoms with Gasteiger partial charge in [-0.15, -0.1) is 11.6 Å². The zero-order valence-electron chi connectivity index (χ0n) is 6.89. The van der Waals surface area contributed by atoms with Crippen molar-refractivity contribution in [3.8, 4) is 0 Å². The standard InChI is InChI=1S/C11H11Cl/c12-8-9-5-6-10-3-1-2-4-11(10)7-9/h1-4,7H,5-6,8H2. The van der Waals surface area contributed by atoms with Gasteiger partial charge in [0, 0.05) is 5.88 Å². The lowest BCUT2D eigenvalue weighted by atomic mass is 9.93. The minimum Gasteiger partial charge on any atom is -0.122 e. The SMILES string of the molecule is ClCC1=Cc2ccccc2CC1. The van der Waals surface area contributed by atoms with Crippen LogP contribution in [0.25, 0.3) is 6.08 Å². The number of rotatable bonds is 1. The Labute approximate surface area is 77.9 Å². The molecular formula is C11H11Cl. The third-order valence-corrected chi connectivity index (χ3v) is 2.65. The molecule has 0 radical (unpaired) electrons. The normalized spacial score (nSPS) is 15.2. The van der Waals surface area contributed by atoms with E-state index in [1.54, 1.807) is 0 Å². The van der Waals surface area contributed by atoms with Crippen LogP contribution in [0.1, 0.15) is 17.5 Å². The Morgan fingerprint density at radius 3 is 2.83 bits per heavy atom. The second kappa shape index (κ2) is 3.32. The predicted molar refractivity (Wildman–Crippen MR) is 53.5 cm³/mol. The van der Waals surface area contributed by atoms with Crippen molar-refractivity contribution < 1.29 is 0 Å². The van der Waals surface area contributed by atoms with E-state index < -0.39 is 0 Å². The van der Waals surface area contributed by atoms with Crippen LogP contribution in [0, 0.1) is 0 Å². The number of fused-ring (bicyclic) bond motifs is 1. The largest absolute Gasteiger partial charge is 0.122 e. The molecule has 0 bridgehead atoms. The fourth-order valence-corrected chi connectivity index (χ4v) is 1.81. The molecule has 0 aliphatic heterocycles. The monoisotopic (exact) mass is 178 g/mol. The van der Waals surface area contributed by atoms with Gasteiger partial charge in [-0.3, -0.25) is 0 Å². The third-order valence-electron chi connectivity index (χ3n) is 2.30. The van der Waals surface area contributed by atoms with Crippen LogP contribution < -0.4 is 0 Å². The fraction of sp³-hybridized carbons (Fsp3) is 0.273. The maximum absolute atomic E-state index is 5.78. The predicted octanol–water partition coefficient (Wildman–Crippen LogP) is 3.26. The van der Waals surface area contributed by atoms with Gasteiger partial charge >= 0.3 is 0 Å². The number of alkyl halides is 1. The Bertz CT molecular complexity index is 313. The van der Waals surface area contributed by atoms with E-state index in [-0.39, 0.29) is 0 Å². The van der Waals surface area contributed by atoms with Crippen LogP contribution in [0.4, 0.5) is 0 Å². The lowest BCUT2D eigenvalue weighted by Gasteiger charge is -2.13. The lowest BCUT2D eigenvalue weighted by molar-refractivity contribution is 0.930. The molecular weight excluding hydrogens is 168 g/mol. The van der Waals surface area contributed by atoms with E-state index in [0.717, 1.165) is 12.8 Å². The maximum Gasteiger partial charge on any atom is 0.0436 e. The van der Waals surface area contributed by atoms with Crippen LogP contribution in [0.2, 0.25) is 0 Å². The molecule has 0 aromatic heterocycles. The molecule has 1 aromatic rings. The van der Waals surface area contributed by atoms with Gasteiger partial charge in [0.2, 0.25) is 0 Å². The first-order valence-corrected chi connectivity index (χ1v) is 4.77. The molecule has 1 aliphatic rings. The molecule has 1 aromatic carbocycles. The van der Waals surface area contributed by atoms with Crippen LogP contribution in [0.15, 0.2) is 29.8 Å². The van der Waals surface area contributed by atoms with Crippen LogP contribution >= 0.6 is 11.6 Å². The molecule has 0 fully saturated rings. The van der Waals surface area contributed by atoms with Gasteiger partial charge in [-0.05, 0) is 24.0 Å². The summed E-state index contributed by atoms with van der Waals surface area (Å²) in [5.74, 6) is 0.675. The van der Waals surface area contributed by atoms with Gasteiger partial charge in [0.05, 0.1) is 0 Å². The van der Waals surface area contributed by atoms with Gasteiger partial charge in [-0.1, -0.05) is 35.9 Å². The van der Waals surface area contributed by atoms with E-state index in [1.165, 1.54) is 16.7 Å². The first-order chi connectivity index (χ1) is 5.90. The molecule has 1 aliphatic carbocycles. The lowest BCUT2D eigenvalue weighted by Crippen LogP contribution is -1.99. The summed E-state index contributed by atoms with van der Waals surface area (Å²) in [4.78, 5) is 0. The molecule has 12 heavy (non-hydrogen) atoms. The highest BCUT2D eigenvalue weighted by atomic mass is 35.5. The van der Waals surface area contributed by atoms with Gasteiger partial charge in [0.1, 0.15) is 0 Å². The molecule has 0 saturated heterocycles. The maximum atomic E-state index is 5.78. The summed E-state index contributed by atoms with van der Waals surface area (Å²) in [6.45, 7) is 0. The highest BCUT2D eigenvalue weighted by Gasteiger charge is 2.07. The van der Waals surface area contributed by atoms with E-state index in [0.29, 0.717) is 5.88 Å². The number of hydrogen-bond donors (Lipinski definition) is 0. The van der Waals surface area contributed by atoms with Gasteiger partial charge in [0.25, 0.3) is 0 Å². The Morgan fingerprint density at radius 1 is 1.17 bits per heavy atom. The minimum absolute atomic E-state index is 0.675. The van der Waals surface area contributed by atoms with Gasteiger partial charge in [-0.25, -0.2) is 0 Å². The topological polar surface area (TPSA) is 0 Å². The Hall–Kier alpha value is -0.750. The van der Waals surface area contributed by atoms with Gasteiger partial charge in [0.15, 0.2) is 0 Å². The summed E-state index contributed by atoms with van der Waals surface area (Å²) >= 11 is 5.78. The highest BCUT2D eigenvalue weighted by Crippen LogP contribution is 2.23. The zero-order valence-corrected chi connectivity index (χ0v) is 7.64. The summed E-state index contributed by atoms with van der Waals surface area (Å²) in [7, 11) is 0. The molecule has 0 atom stereocenters. The number of aryl methyl sites for hydroxylation is 1. The number of hydrogen-bond acceptors (Lipinski definition) is 0. The molecule has 62 valence electrons. The van der Waals surface area contributed by atoms with E-state index in [1.807, 2.05) is 0 Å². The second-order valence-electron chi connectivity index (χ2n) is 3.14. The van der Waals surface area contributed by atoms with Crippen LogP contribution in [0.5, 0.6) is 0 Å². The minimum atomic E-state index is 0.675. The van der Waals surface area contributed by atoms with E-state index in [2.05, 4.69) is 30.3 Å². The van der Waals surface area contributed by atoms with Crippen molar-refractivity contribution >= 4 is 17.7 Å². The molecule has 0 heterocycles. The smallest absolute Gasteiger partial charge is 0.0436 e. The second-order valence-corrected chi connectivity index (χ2v) is 3.40. The van der Waals surface area contributed by atoms with Crippen molar-refractivity contribution in [1.82, 2.24) is 0 Å². The number of benzene rings is 1. The average molecular weight is 179 g/mol. The summed E-state index contributed by atoms with van der Waals surface area (Å²) in [6, 6.07) is 8.52. The van der Waals surface area contributed by atoms with Crippen molar-refractivity contribution in [3.05, 3.63) is 41.0 Å². The van der Waals surface area contributed by atoms with Crippen molar-refractivity contribution in [1.29, 1.82) is 0 Å². The van der Waals surface area contributed by atoms with Crippen molar-refractivity contribution in [3.63, 3.8) is 0 Å². The van der Waals surface area contributed by atoms with E-state index in [9.17, 15) is 0 Å². The molecule has 0 amide bonds. The first kappa shape index (κ1) is 7.88. The first-order valence-electron chi connectivity index (χ1n) is 4.23. The van der Waals surface area contributed by atoms with E-state index in [4.69, 9.17) is 11.6 Å². The fourth-order valence-electron chi connectivity index (χ4n) is 1.60. The van der Waals surface area contributed by atoms with Crippen molar-refractivity contribution in [2.24, 2.45) is 0 Å². The van der Waals surface area contributed by atoms with Crippen molar-refractivity contribution in [2.75, 3.05) is 5.88 Å². The molecule has 0 spiro atoms. The van der Waals surface area contributed by atoms with Crippen LogP contribution in [-0.4, -0.2) is 5.88 Å². The zero-order chi connectivity index (χ0) is 8.39. The van der Waals surface area contributed by atoms with Gasteiger partial charge < -0.3 is 0 Å². The van der Waals surface area contributed by atoms with Gasteiger partial charge in [-0.2, -0.15) is 0 Å². The van der Waals surface area contributed by atoms with E-state index >= 15 is 0 Å². The number of halogens is 1. The van der Waals surface area contributed by atoms with Crippen LogP contribution in [-0.2, 0) is 6.42 Å². The molecule has 0 unspecified atom stereocenters. The molecule has 0 saturated carbocycles. The molecule has 0 nitrogen and oxygen atoms in total. The molecule has 1 heteroatoms. The Balaban J connectivity index is 2.41. The summed E-state index contributed by atoms with van der Waals surface area (Å²) in [6.07, 6.45) is 4.49.